The summed E-state index contributed by atoms with van der Waals surface area (Å²) in [6, 6.07) is 4.24. The van der Waals surface area contributed by atoms with Gasteiger partial charge in [-0.25, -0.2) is 0 Å². The van der Waals surface area contributed by atoms with E-state index in [1.807, 2.05) is 24.8 Å². The third-order valence-corrected chi connectivity index (χ3v) is 3.55. The molecule has 106 valence electrons. The van der Waals surface area contributed by atoms with Gasteiger partial charge in [0, 0.05) is 35.9 Å². The first kappa shape index (κ1) is 14.7. The van der Waals surface area contributed by atoms with Crippen LogP contribution in [0, 0.1) is 0 Å². The summed E-state index contributed by atoms with van der Waals surface area (Å²) in [6.45, 7) is 13.4. The van der Waals surface area contributed by atoms with Crippen molar-refractivity contribution in [3.8, 4) is 11.1 Å². The zero-order chi connectivity index (χ0) is 15.0. The van der Waals surface area contributed by atoms with E-state index in [2.05, 4.69) is 63.6 Å². The van der Waals surface area contributed by atoms with Gasteiger partial charge in [-0.3, -0.25) is 9.97 Å². The zero-order valence-corrected chi connectivity index (χ0v) is 13.4. The van der Waals surface area contributed by atoms with Gasteiger partial charge in [0.2, 0.25) is 0 Å². The van der Waals surface area contributed by atoms with Crippen molar-refractivity contribution >= 4 is 0 Å². The van der Waals surface area contributed by atoms with Crippen LogP contribution in [0.1, 0.15) is 52.7 Å². The highest BCUT2D eigenvalue weighted by Gasteiger charge is 2.23. The number of rotatable bonds is 1. The molecule has 0 atom stereocenters. The molecule has 0 unspecified atom stereocenters. The maximum atomic E-state index is 4.33. The van der Waals surface area contributed by atoms with Crippen molar-refractivity contribution in [2.24, 2.45) is 0 Å². The molecule has 2 rings (SSSR count). The largest absolute Gasteiger partial charge is 0.264 e. The summed E-state index contributed by atoms with van der Waals surface area (Å²) in [7, 11) is 0. The molecule has 0 aliphatic carbocycles. The minimum Gasteiger partial charge on any atom is -0.264 e. The molecule has 0 amide bonds. The Morgan fingerprint density at radius 1 is 0.650 bits per heavy atom. The molecule has 0 aliphatic rings. The molecule has 2 aromatic rings. The van der Waals surface area contributed by atoms with E-state index in [-0.39, 0.29) is 10.8 Å². The SMILES string of the molecule is CC(C)(C)c1ccncc1-c1cnccc1C(C)(C)C. The maximum absolute atomic E-state index is 4.33. The second kappa shape index (κ2) is 5.01. The summed E-state index contributed by atoms with van der Waals surface area (Å²) >= 11 is 0. The smallest absolute Gasteiger partial charge is 0.0349 e. The highest BCUT2D eigenvalue weighted by atomic mass is 14.6. The molecular weight excluding hydrogens is 244 g/mol. The second-order valence-electron chi connectivity index (χ2n) is 7.34. The van der Waals surface area contributed by atoms with E-state index < -0.39 is 0 Å². The highest BCUT2D eigenvalue weighted by molar-refractivity contribution is 5.71. The Balaban J connectivity index is 2.71. The van der Waals surface area contributed by atoms with E-state index in [1.165, 1.54) is 22.3 Å². The maximum Gasteiger partial charge on any atom is 0.0349 e. The zero-order valence-electron chi connectivity index (χ0n) is 13.4. The van der Waals surface area contributed by atoms with Gasteiger partial charge < -0.3 is 0 Å². The Morgan fingerprint density at radius 2 is 1.00 bits per heavy atom. The molecule has 0 spiro atoms. The van der Waals surface area contributed by atoms with E-state index in [0.29, 0.717) is 0 Å². The highest BCUT2D eigenvalue weighted by Crippen LogP contribution is 2.37. The summed E-state index contributed by atoms with van der Waals surface area (Å²) in [5.41, 5.74) is 5.18. The Labute approximate surface area is 122 Å². The fourth-order valence-corrected chi connectivity index (χ4v) is 2.53. The van der Waals surface area contributed by atoms with Gasteiger partial charge in [0.05, 0.1) is 0 Å². The number of pyridine rings is 2. The summed E-state index contributed by atoms with van der Waals surface area (Å²) in [6.07, 6.45) is 7.67. The van der Waals surface area contributed by atoms with Crippen molar-refractivity contribution < 1.29 is 0 Å². The van der Waals surface area contributed by atoms with Gasteiger partial charge in [-0.15, -0.1) is 0 Å². The monoisotopic (exact) mass is 268 g/mol. The quantitative estimate of drug-likeness (QED) is 0.746. The number of hydrogen-bond donors (Lipinski definition) is 0. The predicted molar refractivity (Wildman–Crippen MR) is 84.9 cm³/mol. The molecule has 0 aliphatic heterocycles. The van der Waals surface area contributed by atoms with Crippen molar-refractivity contribution in [1.82, 2.24) is 9.97 Å². The van der Waals surface area contributed by atoms with Crippen molar-refractivity contribution in [3.63, 3.8) is 0 Å². The van der Waals surface area contributed by atoms with Crippen molar-refractivity contribution in [2.75, 3.05) is 0 Å². The van der Waals surface area contributed by atoms with Crippen LogP contribution < -0.4 is 0 Å². The molecule has 0 aromatic carbocycles. The van der Waals surface area contributed by atoms with Crippen molar-refractivity contribution in [2.45, 2.75) is 52.4 Å². The minimum absolute atomic E-state index is 0.0866. The fraction of sp³-hybridized carbons (Fsp3) is 0.444. The lowest BCUT2D eigenvalue weighted by Crippen LogP contribution is -2.16. The molecule has 2 aromatic heterocycles. The third-order valence-electron chi connectivity index (χ3n) is 3.55. The molecule has 0 radical (unpaired) electrons. The van der Waals surface area contributed by atoms with Gasteiger partial charge in [-0.1, -0.05) is 41.5 Å². The molecule has 20 heavy (non-hydrogen) atoms. The Kier molecular flexibility index (Phi) is 3.68. The lowest BCUT2D eigenvalue weighted by molar-refractivity contribution is 0.583. The van der Waals surface area contributed by atoms with Gasteiger partial charge >= 0.3 is 0 Å². The summed E-state index contributed by atoms with van der Waals surface area (Å²) in [5.74, 6) is 0. The summed E-state index contributed by atoms with van der Waals surface area (Å²) < 4.78 is 0. The number of nitrogens with zero attached hydrogens (tertiary/aromatic N) is 2. The van der Waals surface area contributed by atoms with Crippen LogP contribution in [0.5, 0.6) is 0 Å². The van der Waals surface area contributed by atoms with Gasteiger partial charge in [-0.2, -0.15) is 0 Å². The van der Waals surface area contributed by atoms with Crippen LogP contribution >= 0.6 is 0 Å². The average Bonchev–Trinajstić information content (AvgIpc) is 2.37. The van der Waals surface area contributed by atoms with Crippen molar-refractivity contribution in [3.05, 3.63) is 48.0 Å². The van der Waals surface area contributed by atoms with Gasteiger partial charge in [0.1, 0.15) is 0 Å². The molecule has 2 heteroatoms. The first-order chi connectivity index (χ1) is 9.21. The standard InChI is InChI=1S/C18H24N2/c1-17(2,3)15-7-9-19-11-13(15)14-12-20-10-8-16(14)18(4,5)6/h7-12H,1-6H3. The summed E-state index contributed by atoms with van der Waals surface area (Å²) in [4.78, 5) is 8.66. The van der Waals surface area contributed by atoms with Crippen molar-refractivity contribution in [1.29, 1.82) is 0 Å². The number of hydrogen-bond acceptors (Lipinski definition) is 2. The molecule has 0 bridgehead atoms. The van der Waals surface area contributed by atoms with Crippen LogP contribution in [0.3, 0.4) is 0 Å². The van der Waals surface area contributed by atoms with Crippen LogP contribution in [0.15, 0.2) is 36.9 Å². The van der Waals surface area contributed by atoms with E-state index >= 15 is 0 Å². The van der Waals surface area contributed by atoms with Crippen LogP contribution in [0.2, 0.25) is 0 Å². The van der Waals surface area contributed by atoms with E-state index in [4.69, 9.17) is 0 Å². The normalized spacial score (nSPS) is 12.5. The van der Waals surface area contributed by atoms with Crippen LogP contribution in [-0.4, -0.2) is 9.97 Å². The van der Waals surface area contributed by atoms with Gasteiger partial charge in [-0.05, 0) is 34.1 Å². The van der Waals surface area contributed by atoms with E-state index in [1.54, 1.807) is 0 Å². The molecule has 0 saturated heterocycles. The van der Waals surface area contributed by atoms with Crippen LogP contribution in [-0.2, 0) is 10.8 Å². The molecular formula is C18H24N2. The van der Waals surface area contributed by atoms with E-state index in [0.717, 1.165) is 0 Å². The van der Waals surface area contributed by atoms with Gasteiger partial charge in [0.15, 0.2) is 0 Å². The molecule has 0 fully saturated rings. The molecule has 2 heterocycles. The minimum atomic E-state index is 0.0866. The predicted octanol–water partition coefficient (Wildman–Crippen LogP) is 4.74. The Bertz CT molecular complexity index is 546. The Hall–Kier alpha value is -1.70. The lowest BCUT2D eigenvalue weighted by atomic mass is 9.78. The molecule has 0 N–H and O–H groups in total. The van der Waals surface area contributed by atoms with Crippen LogP contribution in [0.25, 0.3) is 11.1 Å². The number of aromatic nitrogens is 2. The fourth-order valence-electron chi connectivity index (χ4n) is 2.53. The topological polar surface area (TPSA) is 25.8 Å². The average molecular weight is 268 g/mol. The summed E-state index contributed by atoms with van der Waals surface area (Å²) in [5, 5.41) is 0. The Morgan fingerprint density at radius 3 is 1.30 bits per heavy atom. The first-order valence-electron chi connectivity index (χ1n) is 7.10. The third kappa shape index (κ3) is 2.90. The first-order valence-corrected chi connectivity index (χ1v) is 7.10. The van der Waals surface area contributed by atoms with Gasteiger partial charge in [0.25, 0.3) is 0 Å². The molecule has 0 saturated carbocycles. The van der Waals surface area contributed by atoms with Crippen LogP contribution in [0.4, 0.5) is 0 Å². The second-order valence-corrected chi connectivity index (χ2v) is 7.34. The van der Waals surface area contributed by atoms with E-state index in [9.17, 15) is 0 Å². The lowest BCUT2D eigenvalue weighted by Gasteiger charge is -2.27. The molecule has 2 nitrogen and oxygen atoms in total.